The standard InChI is InChI=1S/C38H80N.NO3/c1-5-7-9-11-13-15-17-19-21-23-25-27-29-31-33-35-37-39(3,4)38-36-34-32-30-28-26-24-22-20-18-16-14-12-10-8-6-2;2-1(3)4/h5-38H2,1-4H3;/q+1;-1. The van der Waals surface area contributed by atoms with Gasteiger partial charge in [0.05, 0.1) is 32.3 Å². The average molecular weight is 613 g/mol. The van der Waals surface area contributed by atoms with Gasteiger partial charge in [0.1, 0.15) is 0 Å². The maximum Gasteiger partial charge on any atom is 0.0782 e. The average Bonchev–Trinajstić information content (AvgIpc) is 2.96. The molecule has 0 heterocycles. The first-order valence-corrected chi connectivity index (χ1v) is 19.5. The van der Waals surface area contributed by atoms with Crippen LogP contribution >= 0.6 is 0 Å². The highest BCUT2D eigenvalue weighted by atomic mass is 16.9. The van der Waals surface area contributed by atoms with Crippen LogP contribution in [0.5, 0.6) is 0 Å². The summed E-state index contributed by atoms with van der Waals surface area (Å²) in [5.74, 6) is 0. The monoisotopic (exact) mass is 613 g/mol. The predicted octanol–water partition coefficient (Wildman–Crippen LogP) is 13.3. The maximum atomic E-state index is 8.25. The van der Waals surface area contributed by atoms with Crippen LogP contribution in [0, 0.1) is 15.3 Å². The molecule has 0 radical (unpaired) electrons. The molecule has 0 amide bonds. The van der Waals surface area contributed by atoms with Crippen molar-refractivity contribution in [2.24, 2.45) is 0 Å². The van der Waals surface area contributed by atoms with E-state index in [0.29, 0.717) is 0 Å². The summed E-state index contributed by atoms with van der Waals surface area (Å²) in [5, 5.41) is 14.8. The topological polar surface area (TPSA) is 66.2 Å². The van der Waals surface area contributed by atoms with Crippen molar-refractivity contribution in [3.05, 3.63) is 15.3 Å². The van der Waals surface area contributed by atoms with E-state index in [1.807, 2.05) is 0 Å². The third-order valence-corrected chi connectivity index (χ3v) is 9.23. The lowest BCUT2D eigenvalue weighted by molar-refractivity contribution is -0.890. The van der Waals surface area contributed by atoms with E-state index in [9.17, 15) is 0 Å². The summed E-state index contributed by atoms with van der Waals surface area (Å²) < 4.78 is 1.25. The van der Waals surface area contributed by atoms with Crippen LogP contribution < -0.4 is 0 Å². The summed E-state index contributed by atoms with van der Waals surface area (Å²) in [6.45, 7) is 7.39. The van der Waals surface area contributed by atoms with Gasteiger partial charge in [-0.25, -0.2) is 0 Å². The molecule has 0 N–H and O–H groups in total. The summed E-state index contributed by atoms with van der Waals surface area (Å²) in [5.41, 5.74) is 0. The molecule has 0 rings (SSSR count). The van der Waals surface area contributed by atoms with Gasteiger partial charge in [-0.05, 0) is 25.7 Å². The molecule has 260 valence electrons. The zero-order chi connectivity index (χ0) is 32.1. The first kappa shape index (κ1) is 44.3. The SMILES string of the molecule is CCCCCCCCCCCCCCCCCC[N+](C)(C)CCCCCCCCCCCCCCCCCC.O=[N+]([O-])[O-]. The highest BCUT2D eigenvalue weighted by molar-refractivity contribution is 4.52. The Morgan fingerprint density at radius 2 is 0.488 bits per heavy atom. The molecule has 0 bridgehead atoms. The fourth-order valence-electron chi connectivity index (χ4n) is 6.29. The van der Waals surface area contributed by atoms with E-state index in [1.54, 1.807) is 0 Å². The fourth-order valence-corrected chi connectivity index (χ4v) is 6.29. The molecule has 43 heavy (non-hydrogen) atoms. The number of rotatable bonds is 34. The molecule has 0 aromatic rings. The Morgan fingerprint density at radius 1 is 0.349 bits per heavy atom. The smallest absolute Gasteiger partial charge is 0.0782 e. The van der Waals surface area contributed by atoms with Gasteiger partial charge in [0.25, 0.3) is 0 Å². The second kappa shape index (κ2) is 37.3. The Kier molecular flexibility index (Phi) is 38.5. The van der Waals surface area contributed by atoms with Crippen LogP contribution in [-0.4, -0.2) is 36.8 Å². The lowest BCUT2D eigenvalue weighted by Gasteiger charge is -2.30. The summed E-state index contributed by atoms with van der Waals surface area (Å²) >= 11 is 0. The molecule has 0 unspecified atom stereocenters. The van der Waals surface area contributed by atoms with Gasteiger partial charge in [-0.3, -0.25) is 0 Å². The van der Waals surface area contributed by atoms with Crippen LogP contribution in [0.4, 0.5) is 0 Å². The second-order valence-corrected chi connectivity index (χ2v) is 14.2. The molecular weight excluding hydrogens is 532 g/mol. The van der Waals surface area contributed by atoms with Gasteiger partial charge in [0.2, 0.25) is 0 Å². The first-order valence-electron chi connectivity index (χ1n) is 19.5. The van der Waals surface area contributed by atoms with Gasteiger partial charge >= 0.3 is 0 Å². The van der Waals surface area contributed by atoms with Crippen LogP contribution in [0.3, 0.4) is 0 Å². The number of hydrogen-bond acceptors (Lipinski definition) is 3. The molecule has 0 spiro atoms. The fraction of sp³-hybridized carbons (Fsp3) is 1.00. The highest BCUT2D eigenvalue weighted by Gasteiger charge is 2.13. The van der Waals surface area contributed by atoms with E-state index >= 15 is 0 Å². The Hall–Kier alpha value is -0.840. The van der Waals surface area contributed by atoms with E-state index in [-0.39, 0.29) is 0 Å². The van der Waals surface area contributed by atoms with Gasteiger partial charge in [-0.2, -0.15) is 0 Å². The molecule has 5 nitrogen and oxygen atoms in total. The quantitative estimate of drug-likeness (QED) is 0.0314. The van der Waals surface area contributed by atoms with E-state index in [0.717, 1.165) is 0 Å². The van der Waals surface area contributed by atoms with E-state index in [4.69, 9.17) is 15.3 Å². The molecule has 0 saturated heterocycles. The maximum absolute atomic E-state index is 8.25. The molecule has 0 aromatic heterocycles. The second-order valence-electron chi connectivity index (χ2n) is 14.2. The van der Waals surface area contributed by atoms with Crippen molar-refractivity contribution in [2.75, 3.05) is 27.2 Å². The van der Waals surface area contributed by atoms with Crippen molar-refractivity contribution >= 4 is 0 Å². The summed E-state index contributed by atoms with van der Waals surface area (Å²) in [4.78, 5) is 8.25. The minimum absolute atomic E-state index is 1.25. The lowest BCUT2D eigenvalue weighted by atomic mass is 10.0. The molecule has 0 aromatic carbocycles. The molecule has 0 fully saturated rings. The normalized spacial score (nSPS) is 11.4. The Labute approximate surface area is 271 Å². The molecule has 0 saturated carbocycles. The first-order chi connectivity index (χ1) is 20.9. The Morgan fingerprint density at radius 3 is 0.651 bits per heavy atom. The molecule has 0 atom stereocenters. The molecule has 0 aliphatic carbocycles. The van der Waals surface area contributed by atoms with Crippen LogP contribution in [0.1, 0.15) is 219 Å². The third-order valence-electron chi connectivity index (χ3n) is 9.23. The molecule has 5 heteroatoms. The summed E-state index contributed by atoms with van der Waals surface area (Å²) in [6.07, 6.45) is 46.9. The Balaban J connectivity index is 0. The van der Waals surface area contributed by atoms with Crippen LogP contribution in [-0.2, 0) is 0 Å². The zero-order valence-electron chi connectivity index (χ0n) is 30.2. The van der Waals surface area contributed by atoms with E-state index in [1.165, 1.54) is 223 Å². The highest BCUT2D eigenvalue weighted by Crippen LogP contribution is 2.16. The number of nitrogens with zero attached hydrogens (tertiary/aromatic N) is 2. The number of hydrogen-bond donors (Lipinski definition) is 0. The summed E-state index contributed by atoms with van der Waals surface area (Å²) in [7, 11) is 4.94. The largest absolute Gasteiger partial charge is 0.356 e. The van der Waals surface area contributed by atoms with Crippen LogP contribution in [0.15, 0.2) is 0 Å². The van der Waals surface area contributed by atoms with E-state index in [2.05, 4.69) is 27.9 Å². The summed E-state index contributed by atoms with van der Waals surface area (Å²) in [6, 6.07) is 0. The molecular formula is C38H80N2O3. The van der Waals surface area contributed by atoms with Crippen molar-refractivity contribution in [1.29, 1.82) is 0 Å². The van der Waals surface area contributed by atoms with Crippen molar-refractivity contribution in [2.45, 2.75) is 219 Å². The Bertz CT molecular complexity index is 485. The van der Waals surface area contributed by atoms with Gasteiger partial charge in [-0.15, -0.1) is 0 Å². The van der Waals surface area contributed by atoms with Gasteiger partial charge in [-0.1, -0.05) is 194 Å². The molecule has 0 aliphatic heterocycles. The third kappa shape index (κ3) is 45.7. The van der Waals surface area contributed by atoms with Crippen molar-refractivity contribution in [3.63, 3.8) is 0 Å². The zero-order valence-corrected chi connectivity index (χ0v) is 30.2. The minimum atomic E-state index is -1.75. The van der Waals surface area contributed by atoms with Crippen LogP contribution in [0.25, 0.3) is 0 Å². The predicted molar refractivity (Wildman–Crippen MR) is 191 cm³/mol. The number of unbranched alkanes of at least 4 members (excludes halogenated alkanes) is 30. The number of quaternary nitrogens is 1. The van der Waals surface area contributed by atoms with Crippen molar-refractivity contribution in [3.8, 4) is 0 Å². The van der Waals surface area contributed by atoms with Gasteiger partial charge in [0.15, 0.2) is 0 Å². The molecule has 0 aliphatic rings. The lowest BCUT2D eigenvalue weighted by Crippen LogP contribution is -2.41. The van der Waals surface area contributed by atoms with Gasteiger partial charge < -0.3 is 19.8 Å². The van der Waals surface area contributed by atoms with E-state index < -0.39 is 5.09 Å². The van der Waals surface area contributed by atoms with Crippen LogP contribution in [0.2, 0.25) is 0 Å². The van der Waals surface area contributed by atoms with Crippen molar-refractivity contribution in [1.82, 2.24) is 0 Å². The van der Waals surface area contributed by atoms with Crippen molar-refractivity contribution < 1.29 is 9.57 Å². The minimum Gasteiger partial charge on any atom is -0.356 e. The van der Waals surface area contributed by atoms with Gasteiger partial charge in [0, 0.05) is 0 Å².